The number of amides is 1. The number of carbonyl (C=O) groups is 2. The second-order valence-corrected chi connectivity index (χ2v) is 6.07. The van der Waals surface area contributed by atoms with Gasteiger partial charge in [0.2, 0.25) is 5.91 Å². The van der Waals surface area contributed by atoms with Gasteiger partial charge in [-0.05, 0) is 12.1 Å². The first kappa shape index (κ1) is 14.0. The molecule has 1 fully saturated rings. The maximum atomic E-state index is 12.5. The van der Waals surface area contributed by atoms with Crippen LogP contribution in [0.15, 0.2) is 36.5 Å². The molecule has 1 atom stereocenters. The van der Waals surface area contributed by atoms with Crippen molar-refractivity contribution in [3.8, 4) is 5.69 Å². The van der Waals surface area contributed by atoms with E-state index in [9.17, 15) is 9.59 Å². The van der Waals surface area contributed by atoms with Crippen LogP contribution in [0.4, 0.5) is 0 Å². The summed E-state index contributed by atoms with van der Waals surface area (Å²) in [4.78, 5) is 25.4. The number of ether oxygens (including phenoxy) is 1. The van der Waals surface area contributed by atoms with E-state index < -0.39 is 0 Å². The van der Waals surface area contributed by atoms with Crippen molar-refractivity contribution in [3.63, 3.8) is 0 Å². The number of para-hydroxylation sites is 1. The lowest BCUT2D eigenvalue weighted by molar-refractivity contribution is -0.138. The zero-order chi connectivity index (χ0) is 15.8. The van der Waals surface area contributed by atoms with Crippen LogP contribution < -0.4 is 0 Å². The number of esters is 1. The molecule has 2 aliphatic rings. The molecule has 6 nitrogen and oxygen atoms in total. The van der Waals surface area contributed by atoms with E-state index >= 15 is 0 Å². The Labute approximate surface area is 133 Å². The lowest BCUT2D eigenvalue weighted by Crippen LogP contribution is -2.28. The highest BCUT2D eigenvalue weighted by molar-refractivity contribution is 5.79. The van der Waals surface area contributed by atoms with Crippen LogP contribution in [0.1, 0.15) is 24.1 Å². The standard InChI is InChI=1S/C17H17N3O3/c21-16(6-12-7-17(22)23-11-12)19-9-13-8-18-20(15(13)10-19)14-4-2-1-3-5-14/h1-5,8,12H,6-7,9-11H2/t12-/m1/s1. The second kappa shape index (κ2) is 5.53. The number of hydrogen-bond acceptors (Lipinski definition) is 4. The van der Waals surface area contributed by atoms with Crippen molar-refractivity contribution >= 4 is 11.9 Å². The first-order valence-electron chi connectivity index (χ1n) is 7.75. The fraction of sp³-hybridized carbons (Fsp3) is 0.353. The van der Waals surface area contributed by atoms with Gasteiger partial charge in [-0.2, -0.15) is 5.10 Å². The predicted molar refractivity (Wildman–Crippen MR) is 81.5 cm³/mol. The van der Waals surface area contributed by atoms with Crippen molar-refractivity contribution in [1.82, 2.24) is 14.7 Å². The summed E-state index contributed by atoms with van der Waals surface area (Å²) in [7, 11) is 0. The SMILES string of the molecule is O=C1C[C@@H](CC(=O)N2Cc3cnn(-c4ccccc4)c3C2)CO1. The number of rotatable bonds is 3. The topological polar surface area (TPSA) is 64.4 Å². The second-order valence-electron chi connectivity index (χ2n) is 6.07. The van der Waals surface area contributed by atoms with Crippen molar-refractivity contribution in [3.05, 3.63) is 47.8 Å². The summed E-state index contributed by atoms with van der Waals surface area (Å²) in [6.07, 6.45) is 2.55. The third kappa shape index (κ3) is 2.60. The number of cyclic esters (lactones) is 1. The van der Waals surface area contributed by atoms with E-state index in [1.54, 1.807) is 0 Å². The Hall–Kier alpha value is -2.63. The Kier molecular flexibility index (Phi) is 3.37. The quantitative estimate of drug-likeness (QED) is 0.809. The van der Waals surface area contributed by atoms with Gasteiger partial charge < -0.3 is 9.64 Å². The van der Waals surface area contributed by atoms with Gasteiger partial charge in [0.1, 0.15) is 0 Å². The van der Waals surface area contributed by atoms with Crippen LogP contribution in [0, 0.1) is 5.92 Å². The first-order valence-corrected chi connectivity index (χ1v) is 7.75. The molecular weight excluding hydrogens is 294 g/mol. The Balaban J connectivity index is 1.47. The van der Waals surface area contributed by atoms with Crippen LogP contribution in [0.25, 0.3) is 5.69 Å². The van der Waals surface area contributed by atoms with Crippen molar-refractivity contribution in [2.75, 3.05) is 6.61 Å². The maximum absolute atomic E-state index is 12.5. The summed E-state index contributed by atoms with van der Waals surface area (Å²) in [6, 6.07) is 9.91. The maximum Gasteiger partial charge on any atom is 0.306 e. The van der Waals surface area contributed by atoms with Crippen LogP contribution in [0.2, 0.25) is 0 Å². The van der Waals surface area contributed by atoms with Crippen molar-refractivity contribution in [1.29, 1.82) is 0 Å². The Bertz CT molecular complexity index is 754. The minimum atomic E-state index is -0.202. The van der Waals surface area contributed by atoms with Gasteiger partial charge in [0.05, 0.1) is 37.2 Å². The van der Waals surface area contributed by atoms with Gasteiger partial charge in [0, 0.05) is 24.4 Å². The third-order valence-corrected chi connectivity index (χ3v) is 4.41. The minimum absolute atomic E-state index is 0.0179. The molecule has 1 aromatic carbocycles. The zero-order valence-corrected chi connectivity index (χ0v) is 12.6. The monoisotopic (exact) mass is 311 g/mol. The number of aromatic nitrogens is 2. The smallest absolute Gasteiger partial charge is 0.306 e. The fourth-order valence-electron chi connectivity index (χ4n) is 3.19. The van der Waals surface area contributed by atoms with Crippen LogP contribution >= 0.6 is 0 Å². The van der Waals surface area contributed by atoms with Crippen molar-refractivity contribution < 1.29 is 14.3 Å². The van der Waals surface area contributed by atoms with E-state index in [1.165, 1.54) is 0 Å². The molecule has 1 aromatic heterocycles. The van der Waals surface area contributed by atoms with Gasteiger partial charge >= 0.3 is 5.97 Å². The molecule has 0 aliphatic carbocycles. The lowest BCUT2D eigenvalue weighted by atomic mass is 10.0. The van der Waals surface area contributed by atoms with E-state index in [0.29, 0.717) is 32.5 Å². The molecule has 23 heavy (non-hydrogen) atoms. The predicted octanol–water partition coefficient (Wildman–Crippen LogP) is 1.67. The molecule has 0 bridgehead atoms. The normalized spacial score (nSPS) is 19.7. The van der Waals surface area contributed by atoms with Gasteiger partial charge in [-0.3, -0.25) is 9.59 Å². The molecule has 0 radical (unpaired) electrons. The van der Waals surface area contributed by atoms with E-state index in [4.69, 9.17) is 4.74 Å². The Morgan fingerprint density at radius 2 is 2.09 bits per heavy atom. The molecule has 0 saturated carbocycles. The average molecular weight is 311 g/mol. The number of benzene rings is 1. The number of carbonyl (C=O) groups excluding carboxylic acids is 2. The molecule has 6 heteroatoms. The van der Waals surface area contributed by atoms with Crippen LogP contribution in [-0.4, -0.2) is 33.2 Å². The summed E-state index contributed by atoms with van der Waals surface area (Å²) in [5.74, 6) is -0.110. The summed E-state index contributed by atoms with van der Waals surface area (Å²) < 4.78 is 6.82. The number of hydrogen-bond donors (Lipinski definition) is 0. The third-order valence-electron chi connectivity index (χ3n) is 4.41. The van der Waals surface area contributed by atoms with E-state index in [0.717, 1.165) is 16.9 Å². The molecule has 1 saturated heterocycles. The highest BCUT2D eigenvalue weighted by Gasteiger charge is 2.31. The summed E-state index contributed by atoms with van der Waals surface area (Å²) >= 11 is 0. The molecular formula is C17H17N3O3. The number of nitrogens with zero attached hydrogens (tertiary/aromatic N) is 3. The van der Waals surface area contributed by atoms with Crippen LogP contribution in [0.5, 0.6) is 0 Å². The fourth-order valence-corrected chi connectivity index (χ4v) is 3.19. The molecule has 0 unspecified atom stereocenters. The molecule has 1 amide bonds. The largest absolute Gasteiger partial charge is 0.465 e. The van der Waals surface area contributed by atoms with Gasteiger partial charge in [-0.15, -0.1) is 0 Å². The molecule has 0 spiro atoms. The summed E-state index contributed by atoms with van der Waals surface area (Å²) in [6.45, 7) is 1.51. The van der Waals surface area contributed by atoms with Gasteiger partial charge in [0.25, 0.3) is 0 Å². The summed E-state index contributed by atoms with van der Waals surface area (Å²) in [5.41, 5.74) is 3.14. The van der Waals surface area contributed by atoms with Gasteiger partial charge in [0.15, 0.2) is 0 Å². The number of fused-ring (bicyclic) bond motifs is 1. The average Bonchev–Trinajstić information content (AvgIpc) is 3.23. The highest BCUT2D eigenvalue weighted by atomic mass is 16.5. The van der Waals surface area contributed by atoms with Crippen LogP contribution in [-0.2, 0) is 27.4 Å². The van der Waals surface area contributed by atoms with E-state index in [1.807, 2.05) is 46.1 Å². The summed E-state index contributed by atoms with van der Waals surface area (Å²) in [5, 5.41) is 4.43. The Morgan fingerprint density at radius 3 is 2.83 bits per heavy atom. The van der Waals surface area contributed by atoms with Gasteiger partial charge in [-0.1, -0.05) is 18.2 Å². The molecule has 0 N–H and O–H groups in total. The van der Waals surface area contributed by atoms with E-state index in [2.05, 4.69) is 5.10 Å². The lowest BCUT2D eigenvalue weighted by Gasteiger charge is -2.17. The Morgan fingerprint density at radius 1 is 1.26 bits per heavy atom. The molecule has 118 valence electrons. The van der Waals surface area contributed by atoms with Gasteiger partial charge in [-0.25, -0.2) is 4.68 Å². The first-order chi connectivity index (χ1) is 11.2. The molecule has 4 rings (SSSR count). The molecule has 3 heterocycles. The minimum Gasteiger partial charge on any atom is -0.465 e. The van der Waals surface area contributed by atoms with Crippen molar-refractivity contribution in [2.45, 2.75) is 25.9 Å². The molecule has 2 aliphatic heterocycles. The van der Waals surface area contributed by atoms with Crippen LogP contribution in [0.3, 0.4) is 0 Å². The highest BCUT2D eigenvalue weighted by Crippen LogP contribution is 2.27. The zero-order valence-electron chi connectivity index (χ0n) is 12.6. The molecule has 2 aromatic rings. The van der Waals surface area contributed by atoms with E-state index in [-0.39, 0.29) is 17.8 Å². The van der Waals surface area contributed by atoms with Crippen molar-refractivity contribution in [2.24, 2.45) is 5.92 Å².